The van der Waals surface area contributed by atoms with E-state index in [1.165, 1.54) is 0 Å². The van der Waals surface area contributed by atoms with Crippen LogP contribution in [0.4, 0.5) is 0 Å². The highest BCUT2D eigenvalue weighted by Crippen LogP contribution is 1.95. The fraction of sp³-hybridized carbons (Fsp3) is 0.300. The number of hydrogen-bond acceptors (Lipinski definition) is 2. The number of aliphatic imine (C=N–C) groups is 1. The zero-order chi connectivity index (χ0) is 8.81. The van der Waals surface area contributed by atoms with Gasteiger partial charge in [0.25, 0.3) is 0 Å². The molecule has 0 spiro atoms. The highest BCUT2D eigenvalue weighted by atomic mass is 16.3. The Bertz CT molecular complexity index is 243. The summed E-state index contributed by atoms with van der Waals surface area (Å²) in [5.74, 6) is 0. The van der Waals surface area contributed by atoms with Crippen molar-refractivity contribution < 1.29 is 5.11 Å². The number of hydrogen-bond donors (Lipinski definition) is 1. The van der Waals surface area contributed by atoms with E-state index in [2.05, 4.69) is 4.99 Å². The lowest BCUT2D eigenvalue weighted by Crippen LogP contribution is -2.03. The van der Waals surface area contributed by atoms with Crippen LogP contribution in [0.15, 0.2) is 35.3 Å². The van der Waals surface area contributed by atoms with Crippen LogP contribution < -0.4 is 0 Å². The van der Waals surface area contributed by atoms with Gasteiger partial charge in [0.05, 0.1) is 12.6 Å². The van der Waals surface area contributed by atoms with Crippen LogP contribution in [0.1, 0.15) is 12.5 Å². The van der Waals surface area contributed by atoms with Crippen LogP contribution in [-0.4, -0.2) is 24.0 Å². The molecule has 0 aliphatic heterocycles. The van der Waals surface area contributed by atoms with Crippen molar-refractivity contribution in [1.82, 2.24) is 0 Å². The van der Waals surface area contributed by atoms with Gasteiger partial charge in [-0.3, -0.25) is 4.99 Å². The lowest BCUT2D eigenvalue weighted by Gasteiger charge is -1.98. The Kier molecular flexibility index (Phi) is 3.48. The molecular formula is C10H13NO. The highest BCUT2D eigenvalue weighted by Gasteiger charge is 1.91. The van der Waals surface area contributed by atoms with Gasteiger partial charge < -0.3 is 5.11 Å². The van der Waals surface area contributed by atoms with Crippen LogP contribution in [0, 0.1) is 0 Å². The van der Waals surface area contributed by atoms with E-state index in [0.29, 0.717) is 0 Å². The molecule has 64 valence electrons. The molecule has 2 heteroatoms. The van der Waals surface area contributed by atoms with E-state index in [0.717, 1.165) is 5.56 Å². The number of aliphatic hydroxyl groups is 1. The molecule has 1 aromatic rings. The van der Waals surface area contributed by atoms with E-state index in [9.17, 15) is 0 Å². The van der Waals surface area contributed by atoms with Crippen LogP contribution in [0.2, 0.25) is 0 Å². The zero-order valence-electron chi connectivity index (χ0n) is 7.14. The van der Waals surface area contributed by atoms with Crippen molar-refractivity contribution in [1.29, 1.82) is 0 Å². The summed E-state index contributed by atoms with van der Waals surface area (Å²) in [4.78, 5) is 4.14. The van der Waals surface area contributed by atoms with Gasteiger partial charge in [-0.05, 0) is 12.5 Å². The predicted molar refractivity (Wildman–Crippen MR) is 50.6 cm³/mol. The fourth-order valence-corrected chi connectivity index (χ4v) is 0.800. The molecule has 1 rings (SSSR count). The van der Waals surface area contributed by atoms with Gasteiger partial charge in [0, 0.05) is 6.21 Å². The van der Waals surface area contributed by atoms with E-state index in [1.807, 2.05) is 37.3 Å². The average Bonchev–Trinajstić information content (AvgIpc) is 2.16. The minimum absolute atomic E-state index is 0.00907. The number of nitrogens with zero attached hydrogens (tertiary/aromatic N) is 1. The molecule has 1 atom stereocenters. The van der Waals surface area contributed by atoms with Crippen molar-refractivity contribution in [3.8, 4) is 0 Å². The molecule has 2 nitrogen and oxygen atoms in total. The second-order valence-electron chi connectivity index (χ2n) is 2.72. The first kappa shape index (κ1) is 8.94. The largest absolute Gasteiger partial charge is 0.394 e. The molecule has 1 unspecified atom stereocenters. The zero-order valence-corrected chi connectivity index (χ0v) is 7.14. The Hall–Kier alpha value is -1.15. The Labute approximate surface area is 72.6 Å². The summed E-state index contributed by atoms with van der Waals surface area (Å²) in [5.41, 5.74) is 1.07. The van der Waals surface area contributed by atoms with Crippen molar-refractivity contribution in [3.05, 3.63) is 35.9 Å². The lowest BCUT2D eigenvalue weighted by molar-refractivity contribution is 0.275. The second-order valence-corrected chi connectivity index (χ2v) is 2.72. The van der Waals surface area contributed by atoms with Crippen LogP contribution in [-0.2, 0) is 0 Å². The minimum Gasteiger partial charge on any atom is -0.394 e. The predicted octanol–water partition coefficient (Wildman–Crippen LogP) is 1.49. The van der Waals surface area contributed by atoms with Crippen molar-refractivity contribution in [2.24, 2.45) is 4.99 Å². The van der Waals surface area contributed by atoms with Crippen LogP contribution >= 0.6 is 0 Å². The van der Waals surface area contributed by atoms with E-state index >= 15 is 0 Å². The third-order valence-corrected chi connectivity index (χ3v) is 1.54. The van der Waals surface area contributed by atoms with Gasteiger partial charge >= 0.3 is 0 Å². The van der Waals surface area contributed by atoms with Crippen molar-refractivity contribution >= 4 is 6.21 Å². The van der Waals surface area contributed by atoms with Crippen molar-refractivity contribution in [2.45, 2.75) is 13.0 Å². The van der Waals surface area contributed by atoms with Gasteiger partial charge in [-0.25, -0.2) is 0 Å². The number of aliphatic hydroxyl groups excluding tert-OH is 1. The average molecular weight is 163 g/mol. The molecule has 0 heterocycles. The molecule has 1 N–H and O–H groups in total. The lowest BCUT2D eigenvalue weighted by atomic mass is 10.2. The molecule has 0 saturated heterocycles. The minimum atomic E-state index is -0.00907. The van der Waals surface area contributed by atoms with E-state index in [-0.39, 0.29) is 12.6 Å². The topological polar surface area (TPSA) is 32.6 Å². The van der Waals surface area contributed by atoms with Gasteiger partial charge in [-0.1, -0.05) is 30.3 Å². The monoisotopic (exact) mass is 163 g/mol. The maximum atomic E-state index is 8.70. The van der Waals surface area contributed by atoms with Crippen LogP contribution in [0.3, 0.4) is 0 Å². The molecule has 12 heavy (non-hydrogen) atoms. The van der Waals surface area contributed by atoms with Gasteiger partial charge in [0.15, 0.2) is 0 Å². The van der Waals surface area contributed by atoms with Gasteiger partial charge in [0.1, 0.15) is 0 Å². The standard InChI is InChI=1S/C10H13NO/c1-9(8-12)11-7-10-5-3-2-4-6-10/h2-7,9,12H,8H2,1H3/b11-7+. The molecule has 1 aromatic carbocycles. The maximum absolute atomic E-state index is 8.70. The van der Waals surface area contributed by atoms with Crippen LogP contribution in [0.5, 0.6) is 0 Å². The SMILES string of the molecule is CC(CO)/N=C/c1ccccc1. The molecule has 0 aliphatic rings. The first-order valence-corrected chi connectivity index (χ1v) is 4.02. The maximum Gasteiger partial charge on any atom is 0.0702 e. The summed E-state index contributed by atoms with van der Waals surface area (Å²) in [5, 5.41) is 8.70. The number of rotatable bonds is 3. The van der Waals surface area contributed by atoms with Crippen LogP contribution in [0.25, 0.3) is 0 Å². The van der Waals surface area contributed by atoms with E-state index in [4.69, 9.17) is 5.11 Å². The first-order valence-electron chi connectivity index (χ1n) is 4.02. The summed E-state index contributed by atoms with van der Waals surface area (Å²) in [6.45, 7) is 1.97. The molecule has 0 radical (unpaired) electrons. The summed E-state index contributed by atoms with van der Waals surface area (Å²) in [6, 6.07) is 9.84. The first-order chi connectivity index (χ1) is 5.83. The molecule has 0 saturated carbocycles. The third kappa shape index (κ3) is 2.84. The molecular weight excluding hydrogens is 150 g/mol. The number of benzene rings is 1. The highest BCUT2D eigenvalue weighted by molar-refractivity contribution is 5.79. The Morgan fingerprint density at radius 2 is 2.08 bits per heavy atom. The smallest absolute Gasteiger partial charge is 0.0702 e. The Balaban J connectivity index is 2.58. The van der Waals surface area contributed by atoms with E-state index < -0.39 is 0 Å². The van der Waals surface area contributed by atoms with Crippen molar-refractivity contribution in [3.63, 3.8) is 0 Å². The molecule has 0 aromatic heterocycles. The van der Waals surface area contributed by atoms with E-state index in [1.54, 1.807) is 6.21 Å². The third-order valence-electron chi connectivity index (χ3n) is 1.54. The summed E-state index contributed by atoms with van der Waals surface area (Å²) < 4.78 is 0. The Morgan fingerprint density at radius 3 is 2.67 bits per heavy atom. The van der Waals surface area contributed by atoms with Crippen molar-refractivity contribution in [2.75, 3.05) is 6.61 Å². The second kappa shape index (κ2) is 4.67. The van der Waals surface area contributed by atoms with Gasteiger partial charge in [0.2, 0.25) is 0 Å². The van der Waals surface area contributed by atoms with Gasteiger partial charge in [-0.15, -0.1) is 0 Å². The molecule has 0 aliphatic carbocycles. The van der Waals surface area contributed by atoms with Gasteiger partial charge in [-0.2, -0.15) is 0 Å². The molecule has 0 bridgehead atoms. The summed E-state index contributed by atoms with van der Waals surface area (Å²) in [7, 11) is 0. The quantitative estimate of drug-likeness (QED) is 0.673. The Morgan fingerprint density at radius 1 is 1.42 bits per heavy atom. The summed E-state index contributed by atoms with van der Waals surface area (Å²) >= 11 is 0. The fourth-order valence-electron chi connectivity index (χ4n) is 0.800. The molecule has 0 amide bonds. The normalized spacial score (nSPS) is 13.5. The molecule has 0 fully saturated rings. The summed E-state index contributed by atoms with van der Waals surface area (Å²) in [6.07, 6.45) is 1.78.